The number of benzene rings is 1. The second kappa shape index (κ2) is 8.08. The third-order valence-electron chi connectivity index (χ3n) is 5.31. The average molecular weight is 334 g/mol. The lowest BCUT2D eigenvalue weighted by Gasteiger charge is -2.35. The molecule has 2 aliphatic rings. The zero-order valence-corrected chi connectivity index (χ0v) is 14.3. The van der Waals surface area contributed by atoms with E-state index in [0.717, 1.165) is 13.1 Å². The van der Waals surface area contributed by atoms with E-state index in [2.05, 4.69) is 12.2 Å². The van der Waals surface area contributed by atoms with Crippen LogP contribution >= 0.6 is 0 Å². The molecule has 0 aromatic heterocycles. The molecule has 2 saturated heterocycles. The predicted molar refractivity (Wildman–Crippen MR) is 91.0 cm³/mol. The van der Waals surface area contributed by atoms with Crippen molar-refractivity contribution in [3.8, 4) is 0 Å². The molecule has 1 N–H and O–H groups in total. The maximum absolute atomic E-state index is 14.0. The van der Waals surface area contributed by atoms with Gasteiger partial charge in [-0.2, -0.15) is 0 Å². The highest BCUT2D eigenvalue weighted by atomic mass is 19.1. The first-order chi connectivity index (χ1) is 11.6. The molecule has 2 fully saturated rings. The van der Waals surface area contributed by atoms with E-state index in [-0.39, 0.29) is 17.8 Å². The number of carbonyl (C=O) groups is 1. The van der Waals surface area contributed by atoms with Crippen molar-refractivity contribution in [2.75, 3.05) is 32.8 Å². The van der Waals surface area contributed by atoms with E-state index in [1.54, 1.807) is 18.2 Å². The van der Waals surface area contributed by atoms with Gasteiger partial charge in [0.05, 0.1) is 13.2 Å². The first kappa shape index (κ1) is 17.4. The molecule has 3 unspecified atom stereocenters. The van der Waals surface area contributed by atoms with E-state index in [4.69, 9.17) is 4.74 Å². The summed E-state index contributed by atoms with van der Waals surface area (Å²) in [6.07, 6.45) is 2.59. The minimum Gasteiger partial charge on any atom is -0.370 e. The van der Waals surface area contributed by atoms with Crippen molar-refractivity contribution in [1.29, 1.82) is 0 Å². The molecule has 5 heteroatoms. The van der Waals surface area contributed by atoms with Gasteiger partial charge in [0.15, 0.2) is 0 Å². The zero-order valence-electron chi connectivity index (χ0n) is 14.3. The summed E-state index contributed by atoms with van der Waals surface area (Å²) in [4.78, 5) is 14.5. The molecule has 0 aliphatic carbocycles. The highest BCUT2D eigenvalue weighted by Gasteiger charge is 2.29. The molecule has 2 aliphatic heterocycles. The van der Waals surface area contributed by atoms with Crippen LogP contribution in [0.2, 0.25) is 0 Å². The molecule has 3 rings (SSSR count). The number of nitrogens with one attached hydrogen (secondary N) is 1. The second-order valence-corrected chi connectivity index (χ2v) is 7.01. The minimum absolute atomic E-state index is 0.165. The summed E-state index contributed by atoms with van der Waals surface area (Å²) in [5.74, 6) is 0.849. The zero-order chi connectivity index (χ0) is 16.9. The second-order valence-electron chi connectivity index (χ2n) is 7.01. The van der Waals surface area contributed by atoms with E-state index in [1.165, 1.54) is 18.9 Å². The lowest BCUT2D eigenvalue weighted by Crippen LogP contribution is -2.44. The van der Waals surface area contributed by atoms with Crippen LogP contribution in [0, 0.1) is 17.7 Å². The predicted octanol–water partition coefficient (Wildman–Crippen LogP) is 2.75. The average Bonchev–Trinajstić information content (AvgIpc) is 2.63. The molecule has 0 spiro atoms. The first-order valence-electron chi connectivity index (χ1n) is 8.99. The van der Waals surface area contributed by atoms with Crippen LogP contribution in [0.4, 0.5) is 4.39 Å². The summed E-state index contributed by atoms with van der Waals surface area (Å²) in [5.41, 5.74) is 0.541. The Morgan fingerprint density at radius 2 is 2.29 bits per heavy atom. The Morgan fingerprint density at radius 1 is 1.46 bits per heavy atom. The number of hydrogen-bond donors (Lipinski definition) is 1. The number of nitrogens with zero attached hydrogens (tertiary/aromatic N) is 1. The standard InChI is InChI=1S/C19H27FN2O2/c1-14(15-5-4-8-21-12-15)11-19(23)22-9-10-24-18(13-22)16-6-2-3-7-17(16)20/h2-3,6-7,14-15,18,21H,4-5,8-13H2,1H3. The molecule has 0 saturated carbocycles. The van der Waals surface area contributed by atoms with E-state index >= 15 is 0 Å². The summed E-state index contributed by atoms with van der Waals surface area (Å²) in [6, 6.07) is 6.66. The molecular formula is C19H27FN2O2. The van der Waals surface area contributed by atoms with Crippen LogP contribution in [0.3, 0.4) is 0 Å². The molecule has 4 nitrogen and oxygen atoms in total. The Kier molecular flexibility index (Phi) is 5.85. The van der Waals surface area contributed by atoms with Gasteiger partial charge in [0.25, 0.3) is 0 Å². The number of rotatable bonds is 4. The van der Waals surface area contributed by atoms with Crippen molar-refractivity contribution in [3.05, 3.63) is 35.6 Å². The molecule has 132 valence electrons. The fourth-order valence-electron chi connectivity index (χ4n) is 3.74. The summed E-state index contributed by atoms with van der Waals surface area (Å²) in [7, 11) is 0. The lowest BCUT2D eigenvalue weighted by atomic mass is 9.85. The van der Waals surface area contributed by atoms with E-state index in [9.17, 15) is 9.18 Å². The minimum atomic E-state index is -0.365. The van der Waals surface area contributed by atoms with E-state index in [0.29, 0.717) is 43.5 Å². The number of carbonyl (C=O) groups excluding carboxylic acids is 1. The van der Waals surface area contributed by atoms with Crippen LogP contribution in [-0.4, -0.2) is 43.6 Å². The molecule has 0 bridgehead atoms. The van der Waals surface area contributed by atoms with Crippen molar-refractivity contribution in [2.24, 2.45) is 11.8 Å². The fourth-order valence-corrected chi connectivity index (χ4v) is 3.74. The number of hydrogen-bond acceptors (Lipinski definition) is 3. The normalized spacial score (nSPS) is 26.2. The molecule has 24 heavy (non-hydrogen) atoms. The first-order valence-corrected chi connectivity index (χ1v) is 8.99. The Morgan fingerprint density at radius 3 is 3.04 bits per heavy atom. The largest absolute Gasteiger partial charge is 0.370 e. The molecular weight excluding hydrogens is 307 g/mol. The Hall–Kier alpha value is -1.46. The number of halogens is 1. The van der Waals surface area contributed by atoms with Gasteiger partial charge in [0, 0.05) is 18.5 Å². The topological polar surface area (TPSA) is 41.6 Å². The van der Waals surface area contributed by atoms with E-state index < -0.39 is 0 Å². The monoisotopic (exact) mass is 334 g/mol. The van der Waals surface area contributed by atoms with Crippen LogP contribution in [0.15, 0.2) is 24.3 Å². The van der Waals surface area contributed by atoms with Gasteiger partial charge in [0.2, 0.25) is 5.91 Å². The SMILES string of the molecule is CC(CC(=O)N1CCOC(c2ccccc2F)C1)C1CCCNC1. The van der Waals surface area contributed by atoms with Gasteiger partial charge in [-0.3, -0.25) is 4.79 Å². The highest BCUT2D eigenvalue weighted by molar-refractivity contribution is 5.76. The summed E-state index contributed by atoms with van der Waals surface area (Å²) < 4.78 is 19.7. The molecule has 1 amide bonds. The van der Waals surface area contributed by atoms with Crippen LogP contribution in [-0.2, 0) is 9.53 Å². The van der Waals surface area contributed by atoms with Crippen molar-refractivity contribution in [2.45, 2.75) is 32.3 Å². The van der Waals surface area contributed by atoms with Gasteiger partial charge in [-0.1, -0.05) is 25.1 Å². The van der Waals surface area contributed by atoms with Crippen molar-refractivity contribution in [1.82, 2.24) is 10.2 Å². The van der Waals surface area contributed by atoms with Gasteiger partial charge in [0.1, 0.15) is 11.9 Å². The van der Waals surface area contributed by atoms with Crippen LogP contribution in [0.5, 0.6) is 0 Å². The van der Waals surface area contributed by atoms with Gasteiger partial charge >= 0.3 is 0 Å². The molecule has 0 radical (unpaired) electrons. The van der Waals surface area contributed by atoms with Crippen molar-refractivity contribution >= 4 is 5.91 Å². The quantitative estimate of drug-likeness (QED) is 0.920. The third kappa shape index (κ3) is 4.14. The van der Waals surface area contributed by atoms with Crippen molar-refractivity contribution < 1.29 is 13.9 Å². The van der Waals surface area contributed by atoms with Gasteiger partial charge in [-0.05, 0) is 43.8 Å². The van der Waals surface area contributed by atoms with E-state index in [1.807, 2.05) is 4.90 Å². The summed E-state index contributed by atoms with van der Waals surface area (Å²) >= 11 is 0. The molecule has 1 aromatic rings. The molecule has 1 aromatic carbocycles. The Balaban J connectivity index is 1.57. The van der Waals surface area contributed by atoms with Crippen molar-refractivity contribution in [3.63, 3.8) is 0 Å². The van der Waals surface area contributed by atoms with Gasteiger partial charge < -0.3 is 15.0 Å². The molecule has 2 heterocycles. The smallest absolute Gasteiger partial charge is 0.223 e. The molecule has 3 atom stereocenters. The Bertz CT molecular complexity index is 560. The summed E-state index contributed by atoms with van der Waals surface area (Å²) in [5, 5.41) is 3.42. The lowest BCUT2D eigenvalue weighted by molar-refractivity contribution is -0.140. The maximum atomic E-state index is 14.0. The van der Waals surface area contributed by atoms with Crippen LogP contribution < -0.4 is 5.32 Å². The van der Waals surface area contributed by atoms with Gasteiger partial charge in [-0.25, -0.2) is 4.39 Å². The number of morpholine rings is 1. The highest BCUT2D eigenvalue weighted by Crippen LogP contribution is 2.27. The third-order valence-corrected chi connectivity index (χ3v) is 5.31. The number of ether oxygens (including phenoxy) is 1. The maximum Gasteiger partial charge on any atom is 0.223 e. The fraction of sp³-hybridized carbons (Fsp3) is 0.632. The Labute approximate surface area is 143 Å². The van der Waals surface area contributed by atoms with Crippen LogP contribution in [0.1, 0.15) is 37.9 Å². The summed E-state index contributed by atoms with van der Waals surface area (Å²) in [6.45, 7) is 5.77. The van der Waals surface area contributed by atoms with Crippen LogP contribution in [0.25, 0.3) is 0 Å². The number of amides is 1. The number of piperidine rings is 1. The van der Waals surface area contributed by atoms with Gasteiger partial charge in [-0.15, -0.1) is 0 Å².